The molecule has 0 saturated carbocycles. The van der Waals surface area contributed by atoms with Gasteiger partial charge < -0.3 is 0 Å². The van der Waals surface area contributed by atoms with Gasteiger partial charge >= 0.3 is 0 Å². The van der Waals surface area contributed by atoms with Crippen LogP contribution in [0.3, 0.4) is 0 Å². The standard InChI is InChI=1S/C17H25N/c1-6-11-18-15(5)17-10-8-7-9-16(17)12-14(4)13(2)3/h6-11,13-14H,12H2,1-5H3/b11-6-,18-15?/t14-/m1/s1. The molecule has 1 rings (SSSR count). The first-order valence-corrected chi connectivity index (χ1v) is 6.80. The lowest BCUT2D eigenvalue weighted by Crippen LogP contribution is -2.10. The third-order valence-electron chi connectivity index (χ3n) is 3.50. The van der Waals surface area contributed by atoms with Crippen LogP contribution in [0.4, 0.5) is 0 Å². The van der Waals surface area contributed by atoms with Crippen LogP contribution in [-0.4, -0.2) is 5.71 Å². The van der Waals surface area contributed by atoms with Crippen LogP contribution in [0.25, 0.3) is 0 Å². The van der Waals surface area contributed by atoms with Gasteiger partial charge in [0.1, 0.15) is 0 Å². The highest BCUT2D eigenvalue weighted by molar-refractivity contribution is 6.00. The van der Waals surface area contributed by atoms with Gasteiger partial charge in [-0.3, -0.25) is 4.99 Å². The topological polar surface area (TPSA) is 12.4 Å². The second kappa shape index (κ2) is 7.15. The molecule has 0 aliphatic carbocycles. The van der Waals surface area contributed by atoms with Gasteiger partial charge in [-0.25, -0.2) is 0 Å². The summed E-state index contributed by atoms with van der Waals surface area (Å²) in [5.41, 5.74) is 3.78. The highest BCUT2D eigenvalue weighted by atomic mass is 14.7. The SMILES string of the molecule is C/C=C\N=C(C)c1ccccc1C[C@@H](C)C(C)C. The largest absolute Gasteiger partial charge is 0.261 e. The van der Waals surface area contributed by atoms with Gasteiger partial charge in [0, 0.05) is 11.9 Å². The Morgan fingerprint density at radius 1 is 1.22 bits per heavy atom. The molecule has 0 fully saturated rings. The van der Waals surface area contributed by atoms with Crippen LogP contribution in [0, 0.1) is 11.8 Å². The van der Waals surface area contributed by atoms with Crippen molar-refractivity contribution in [3.8, 4) is 0 Å². The molecule has 0 radical (unpaired) electrons. The summed E-state index contributed by atoms with van der Waals surface area (Å²) >= 11 is 0. The summed E-state index contributed by atoms with van der Waals surface area (Å²) in [6, 6.07) is 8.61. The molecule has 0 unspecified atom stereocenters. The Morgan fingerprint density at radius 3 is 2.50 bits per heavy atom. The third kappa shape index (κ3) is 4.14. The average Bonchev–Trinajstić information content (AvgIpc) is 2.36. The van der Waals surface area contributed by atoms with Crippen molar-refractivity contribution in [1.82, 2.24) is 0 Å². The van der Waals surface area contributed by atoms with E-state index in [0.29, 0.717) is 11.8 Å². The van der Waals surface area contributed by atoms with E-state index in [4.69, 9.17) is 0 Å². The molecule has 0 bridgehead atoms. The molecule has 0 amide bonds. The van der Waals surface area contributed by atoms with Gasteiger partial charge in [-0.2, -0.15) is 0 Å². The number of hydrogen-bond acceptors (Lipinski definition) is 1. The van der Waals surface area contributed by atoms with Crippen molar-refractivity contribution in [2.24, 2.45) is 16.8 Å². The molecule has 0 N–H and O–H groups in total. The lowest BCUT2D eigenvalue weighted by Gasteiger charge is -2.17. The smallest absolute Gasteiger partial charge is 0.0447 e. The Kier molecular flexibility index (Phi) is 5.84. The predicted molar refractivity (Wildman–Crippen MR) is 81.2 cm³/mol. The fraction of sp³-hybridized carbons (Fsp3) is 0.471. The summed E-state index contributed by atoms with van der Waals surface area (Å²) in [7, 11) is 0. The van der Waals surface area contributed by atoms with Gasteiger partial charge in [-0.15, -0.1) is 0 Å². The Balaban J connectivity index is 2.99. The molecule has 1 aromatic rings. The van der Waals surface area contributed by atoms with E-state index in [1.54, 1.807) is 0 Å². The van der Waals surface area contributed by atoms with Crippen LogP contribution in [0.2, 0.25) is 0 Å². The van der Waals surface area contributed by atoms with Crippen LogP contribution >= 0.6 is 0 Å². The maximum atomic E-state index is 4.46. The number of nitrogens with zero attached hydrogens (tertiary/aromatic N) is 1. The van der Waals surface area contributed by atoms with Crippen molar-refractivity contribution in [2.45, 2.75) is 41.0 Å². The molecule has 0 aliphatic rings. The highest BCUT2D eigenvalue weighted by Crippen LogP contribution is 2.20. The molecule has 0 spiro atoms. The fourth-order valence-corrected chi connectivity index (χ4v) is 1.89. The third-order valence-corrected chi connectivity index (χ3v) is 3.50. The molecule has 1 nitrogen and oxygen atoms in total. The zero-order valence-electron chi connectivity index (χ0n) is 12.3. The maximum Gasteiger partial charge on any atom is 0.0447 e. The second-order valence-corrected chi connectivity index (χ2v) is 5.28. The molecule has 0 aliphatic heterocycles. The van der Waals surface area contributed by atoms with Crippen LogP contribution in [-0.2, 0) is 6.42 Å². The molecular formula is C17H25N. The van der Waals surface area contributed by atoms with E-state index >= 15 is 0 Å². The van der Waals surface area contributed by atoms with Crippen LogP contribution in [0.15, 0.2) is 41.5 Å². The van der Waals surface area contributed by atoms with Gasteiger partial charge in [0.2, 0.25) is 0 Å². The quantitative estimate of drug-likeness (QED) is 0.655. The zero-order valence-corrected chi connectivity index (χ0v) is 12.3. The molecule has 18 heavy (non-hydrogen) atoms. The van der Waals surface area contributed by atoms with Gasteiger partial charge in [0.15, 0.2) is 0 Å². The van der Waals surface area contributed by atoms with Crippen molar-refractivity contribution in [1.29, 1.82) is 0 Å². The predicted octanol–water partition coefficient (Wildman–Crippen LogP) is 4.86. The van der Waals surface area contributed by atoms with Crippen molar-refractivity contribution in [2.75, 3.05) is 0 Å². The maximum absolute atomic E-state index is 4.46. The Bertz CT molecular complexity index is 427. The molecule has 0 saturated heterocycles. The zero-order chi connectivity index (χ0) is 13.5. The van der Waals surface area contributed by atoms with E-state index in [-0.39, 0.29) is 0 Å². The normalized spacial score (nSPS) is 14.4. The summed E-state index contributed by atoms with van der Waals surface area (Å²) in [5.74, 6) is 1.41. The minimum absolute atomic E-state index is 0.695. The summed E-state index contributed by atoms with van der Waals surface area (Å²) in [4.78, 5) is 4.46. The Morgan fingerprint density at radius 2 is 1.89 bits per heavy atom. The summed E-state index contributed by atoms with van der Waals surface area (Å²) in [6.07, 6.45) is 4.94. The van der Waals surface area contributed by atoms with Crippen LogP contribution < -0.4 is 0 Å². The number of aliphatic imine (C=N–C) groups is 1. The van der Waals surface area contributed by atoms with E-state index in [0.717, 1.165) is 12.1 Å². The Labute approximate surface area is 112 Å². The van der Waals surface area contributed by atoms with Crippen molar-refractivity contribution < 1.29 is 0 Å². The number of allylic oxidation sites excluding steroid dienone is 1. The summed E-state index contributed by atoms with van der Waals surface area (Å²) in [6.45, 7) is 11.0. The summed E-state index contributed by atoms with van der Waals surface area (Å²) < 4.78 is 0. The number of benzene rings is 1. The number of rotatable bonds is 5. The monoisotopic (exact) mass is 243 g/mol. The van der Waals surface area contributed by atoms with Gasteiger partial charge in [-0.1, -0.05) is 51.1 Å². The van der Waals surface area contributed by atoms with Gasteiger partial charge in [0.05, 0.1) is 0 Å². The fourth-order valence-electron chi connectivity index (χ4n) is 1.89. The van der Waals surface area contributed by atoms with E-state index in [1.165, 1.54) is 11.1 Å². The Hall–Kier alpha value is -1.37. The molecular weight excluding hydrogens is 218 g/mol. The van der Waals surface area contributed by atoms with Crippen LogP contribution in [0.1, 0.15) is 45.7 Å². The molecule has 98 valence electrons. The first-order chi connectivity index (χ1) is 8.56. The lowest BCUT2D eigenvalue weighted by atomic mass is 9.88. The van der Waals surface area contributed by atoms with E-state index in [9.17, 15) is 0 Å². The van der Waals surface area contributed by atoms with Crippen LogP contribution in [0.5, 0.6) is 0 Å². The molecule has 1 aromatic carbocycles. The highest BCUT2D eigenvalue weighted by Gasteiger charge is 2.11. The molecule has 0 heterocycles. The minimum atomic E-state index is 0.695. The molecule has 1 heteroatoms. The number of hydrogen-bond donors (Lipinski definition) is 0. The first-order valence-electron chi connectivity index (χ1n) is 6.80. The summed E-state index contributed by atoms with van der Waals surface area (Å²) in [5, 5.41) is 0. The van der Waals surface area contributed by atoms with Gasteiger partial charge in [-0.05, 0) is 43.2 Å². The van der Waals surface area contributed by atoms with Crippen molar-refractivity contribution >= 4 is 5.71 Å². The lowest BCUT2D eigenvalue weighted by molar-refractivity contribution is 0.417. The van der Waals surface area contributed by atoms with Gasteiger partial charge in [0.25, 0.3) is 0 Å². The van der Waals surface area contributed by atoms with E-state index < -0.39 is 0 Å². The molecule has 1 atom stereocenters. The first kappa shape index (κ1) is 14.7. The second-order valence-electron chi connectivity index (χ2n) is 5.28. The van der Waals surface area contributed by atoms with E-state index in [1.807, 2.05) is 19.2 Å². The average molecular weight is 243 g/mol. The minimum Gasteiger partial charge on any atom is -0.261 e. The van der Waals surface area contributed by atoms with Crippen molar-refractivity contribution in [3.63, 3.8) is 0 Å². The molecule has 0 aromatic heterocycles. The van der Waals surface area contributed by atoms with Crippen molar-refractivity contribution in [3.05, 3.63) is 47.7 Å². The van der Waals surface area contributed by atoms with E-state index in [2.05, 4.69) is 57.0 Å².